The molecule has 0 aliphatic heterocycles. The predicted octanol–water partition coefficient (Wildman–Crippen LogP) is 4.82. The van der Waals surface area contributed by atoms with Crippen LogP contribution in [-0.4, -0.2) is 30.5 Å². The molecular formula is C21H18INO4. The topological polar surface area (TPSA) is 57.5 Å². The highest BCUT2D eigenvalue weighted by atomic mass is 127. The summed E-state index contributed by atoms with van der Waals surface area (Å²) in [6, 6.07) is 13.0. The third kappa shape index (κ3) is 3.90. The van der Waals surface area contributed by atoms with Gasteiger partial charge >= 0.3 is 0 Å². The minimum Gasteiger partial charge on any atom is -0.493 e. The van der Waals surface area contributed by atoms with Crippen molar-refractivity contribution >= 4 is 51.3 Å². The molecule has 5 nitrogen and oxygen atoms in total. The van der Waals surface area contributed by atoms with Crippen LogP contribution in [-0.2, 0) is 0 Å². The van der Waals surface area contributed by atoms with E-state index >= 15 is 0 Å². The third-order valence-corrected chi connectivity index (χ3v) is 4.89. The molecule has 6 heteroatoms. The van der Waals surface area contributed by atoms with Crippen LogP contribution in [0.4, 0.5) is 0 Å². The molecule has 0 fully saturated rings. The second-order valence-electron chi connectivity index (χ2n) is 5.90. The Balaban J connectivity index is 2.07. The number of ketones is 1. The van der Waals surface area contributed by atoms with Gasteiger partial charge in [0.25, 0.3) is 0 Å². The first kappa shape index (κ1) is 19.2. The number of ether oxygens (including phenoxy) is 2. The lowest BCUT2D eigenvalue weighted by molar-refractivity contribution is 0.0920. The number of aromatic nitrogens is 1. The number of allylic oxidation sites excluding steroid dienone is 1. The molecule has 0 N–H and O–H groups in total. The van der Waals surface area contributed by atoms with Crippen molar-refractivity contribution < 1.29 is 19.1 Å². The molecule has 0 unspecified atom stereocenters. The van der Waals surface area contributed by atoms with Gasteiger partial charge in [0.15, 0.2) is 11.5 Å². The molecule has 0 aliphatic rings. The summed E-state index contributed by atoms with van der Waals surface area (Å²) in [6.07, 6.45) is 3.21. The molecule has 0 spiro atoms. The standard InChI is InChI=1S/C21H18INO4/c1-13(24)23-17-12-21(27-3)20(26-2)11-15(17)10-18(23)19(25)9-6-14-4-7-16(22)8-5-14/h4-12H,1-3H3/b9-6+. The smallest absolute Gasteiger partial charge is 0.228 e. The van der Waals surface area contributed by atoms with E-state index in [4.69, 9.17) is 9.47 Å². The molecule has 0 amide bonds. The van der Waals surface area contributed by atoms with Gasteiger partial charge in [0, 0.05) is 21.9 Å². The zero-order chi connectivity index (χ0) is 19.6. The summed E-state index contributed by atoms with van der Waals surface area (Å²) in [6.45, 7) is 1.43. The highest BCUT2D eigenvalue weighted by molar-refractivity contribution is 14.1. The van der Waals surface area contributed by atoms with Gasteiger partial charge in [0.05, 0.1) is 25.4 Å². The Bertz CT molecular complexity index is 1050. The van der Waals surface area contributed by atoms with Crippen molar-refractivity contribution in [2.24, 2.45) is 0 Å². The van der Waals surface area contributed by atoms with E-state index in [0.29, 0.717) is 22.7 Å². The van der Waals surface area contributed by atoms with Gasteiger partial charge in [0.1, 0.15) is 0 Å². The van der Waals surface area contributed by atoms with E-state index in [1.807, 2.05) is 24.3 Å². The number of nitrogens with zero attached hydrogens (tertiary/aromatic N) is 1. The Labute approximate surface area is 170 Å². The summed E-state index contributed by atoms with van der Waals surface area (Å²) in [5.41, 5.74) is 1.82. The van der Waals surface area contributed by atoms with Crippen molar-refractivity contribution in [3.63, 3.8) is 0 Å². The number of hydrogen-bond donors (Lipinski definition) is 0. The number of hydrogen-bond acceptors (Lipinski definition) is 4. The Morgan fingerprint density at radius 2 is 1.63 bits per heavy atom. The number of methoxy groups -OCH3 is 2. The average molecular weight is 475 g/mol. The van der Waals surface area contributed by atoms with Crippen LogP contribution in [0.1, 0.15) is 27.8 Å². The maximum Gasteiger partial charge on any atom is 0.228 e. The largest absolute Gasteiger partial charge is 0.493 e. The molecule has 0 atom stereocenters. The van der Waals surface area contributed by atoms with Gasteiger partial charge in [-0.2, -0.15) is 0 Å². The Morgan fingerprint density at radius 1 is 1.00 bits per heavy atom. The molecule has 2 aromatic carbocycles. The van der Waals surface area contributed by atoms with E-state index < -0.39 is 0 Å². The number of carbonyl (C=O) groups excluding carboxylic acids is 2. The van der Waals surface area contributed by atoms with E-state index in [2.05, 4.69) is 22.6 Å². The van der Waals surface area contributed by atoms with Crippen molar-refractivity contribution in [3.05, 3.63) is 63.4 Å². The maximum atomic E-state index is 12.8. The van der Waals surface area contributed by atoms with E-state index in [-0.39, 0.29) is 11.7 Å². The lowest BCUT2D eigenvalue weighted by Crippen LogP contribution is -2.12. The molecule has 1 heterocycles. The normalized spacial score (nSPS) is 11.1. The summed E-state index contributed by atoms with van der Waals surface area (Å²) in [5, 5.41) is 0.730. The fourth-order valence-electron chi connectivity index (χ4n) is 2.89. The summed E-state index contributed by atoms with van der Waals surface area (Å²) in [5.74, 6) is 0.541. The van der Waals surface area contributed by atoms with Gasteiger partial charge in [-0.15, -0.1) is 0 Å². The number of carbonyl (C=O) groups is 2. The van der Waals surface area contributed by atoms with Gasteiger partial charge in [-0.05, 0) is 58.5 Å². The van der Waals surface area contributed by atoms with Crippen LogP contribution < -0.4 is 9.47 Å². The minimum absolute atomic E-state index is 0.247. The second kappa shape index (κ2) is 7.96. The molecule has 0 aliphatic carbocycles. The van der Waals surface area contributed by atoms with Crippen LogP contribution in [0.15, 0.2) is 48.5 Å². The monoisotopic (exact) mass is 475 g/mol. The van der Waals surface area contributed by atoms with Gasteiger partial charge in [-0.3, -0.25) is 14.2 Å². The maximum absolute atomic E-state index is 12.8. The van der Waals surface area contributed by atoms with Crippen molar-refractivity contribution in [3.8, 4) is 11.5 Å². The summed E-state index contributed by atoms with van der Waals surface area (Å²) >= 11 is 2.23. The lowest BCUT2D eigenvalue weighted by atomic mass is 10.1. The molecule has 1 aromatic heterocycles. The molecule has 27 heavy (non-hydrogen) atoms. The van der Waals surface area contributed by atoms with Crippen LogP contribution >= 0.6 is 22.6 Å². The molecule has 0 bridgehead atoms. The number of halogens is 1. The van der Waals surface area contributed by atoms with Crippen molar-refractivity contribution in [1.82, 2.24) is 4.57 Å². The van der Waals surface area contributed by atoms with Gasteiger partial charge in [-0.1, -0.05) is 18.2 Å². The Morgan fingerprint density at radius 3 is 2.22 bits per heavy atom. The van der Waals surface area contributed by atoms with Crippen molar-refractivity contribution in [2.45, 2.75) is 6.92 Å². The fraction of sp³-hybridized carbons (Fsp3) is 0.143. The van der Waals surface area contributed by atoms with Gasteiger partial charge < -0.3 is 9.47 Å². The summed E-state index contributed by atoms with van der Waals surface area (Å²) in [4.78, 5) is 25.0. The third-order valence-electron chi connectivity index (χ3n) is 4.17. The van der Waals surface area contributed by atoms with Crippen LogP contribution in [0.5, 0.6) is 11.5 Å². The number of rotatable bonds is 5. The SMILES string of the molecule is COc1cc2cc(C(=O)/C=C/c3ccc(I)cc3)n(C(C)=O)c2cc1OC. The van der Waals surface area contributed by atoms with Gasteiger partial charge in [0.2, 0.25) is 11.7 Å². The Kier molecular flexibility index (Phi) is 5.65. The van der Waals surface area contributed by atoms with Gasteiger partial charge in [-0.25, -0.2) is 0 Å². The van der Waals surface area contributed by atoms with E-state index in [1.54, 1.807) is 31.4 Å². The number of benzene rings is 2. The molecular weight excluding hydrogens is 457 g/mol. The zero-order valence-electron chi connectivity index (χ0n) is 15.2. The average Bonchev–Trinajstić information content (AvgIpc) is 3.04. The highest BCUT2D eigenvalue weighted by Crippen LogP contribution is 2.34. The van der Waals surface area contributed by atoms with Crippen molar-refractivity contribution in [2.75, 3.05) is 14.2 Å². The first-order chi connectivity index (χ1) is 12.9. The van der Waals surface area contributed by atoms with E-state index in [1.165, 1.54) is 24.7 Å². The quantitative estimate of drug-likeness (QED) is 0.302. The lowest BCUT2D eigenvalue weighted by Gasteiger charge is -2.09. The Hall–Kier alpha value is -2.61. The summed E-state index contributed by atoms with van der Waals surface area (Å²) < 4.78 is 13.1. The predicted molar refractivity (Wildman–Crippen MR) is 114 cm³/mol. The van der Waals surface area contributed by atoms with Crippen LogP contribution in [0.25, 0.3) is 17.0 Å². The zero-order valence-corrected chi connectivity index (χ0v) is 17.3. The molecule has 3 aromatic rings. The molecule has 0 saturated carbocycles. The van der Waals surface area contributed by atoms with Crippen molar-refractivity contribution in [1.29, 1.82) is 0 Å². The first-order valence-electron chi connectivity index (χ1n) is 8.21. The van der Waals surface area contributed by atoms with Crippen LogP contribution in [0, 0.1) is 3.57 Å². The molecule has 138 valence electrons. The van der Waals surface area contributed by atoms with Crippen LogP contribution in [0.3, 0.4) is 0 Å². The molecule has 3 rings (SSSR count). The molecule has 0 radical (unpaired) electrons. The van der Waals surface area contributed by atoms with E-state index in [9.17, 15) is 9.59 Å². The van der Waals surface area contributed by atoms with E-state index in [0.717, 1.165) is 14.5 Å². The fourth-order valence-corrected chi connectivity index (χ4v) is 3.25. The first-order valence-corrected chi connectivity index (χ1v) is 9.29. The minimum atomic E-state index is -0.252. The second-order valence-corrected chi connectivity index (χ2v) is 7.14. The molecule has 0 saturated heterocycles. The number of fused-ring (bicyclic) bond motifs is 1. The summed E-state index contributed by atoms with van der Waals surface area (Å²) in [7, 11) is 3.07. The highest BCUT2D eigenvalue weighted by Gasteiger charge is 2.19. The van der Waals surface area contributed by atoms with Crippen LogP contribution in [0.2, 0.25) is 0 Å².